The number of anilines is 1. The molecule has 0 bridgehead atoms. The van der Waals surface area contributed by atoms with Crippen molar-refractivity contribution < 1.29 is 28.1 Å². The average Bonchev–Trinajstić information content (AvgIpc) is 3.15. The van der Waals surface area contributed by atoms with Gasteiger partial charge in [0.1, 0.15) is 11.9 Å². The van der Waals surface area contributed by atoms with Gasteiger partial charge >= 0.3 is 0 Å². The van der Waals surface area contributed by atoms with Crippen LogP contribution in [0.15, 0.2) is 18.3 Å². The number of nitrogens with zero attached hydrogens (tertiary/aromatic N) is 2. The molecule has 0 fully saturated rings. The van der Waals surface area contributed by atoms with Crippen molar-refractivity contribution in [3.8, 4) is 16.9 Å². The molecule has 0 aliphatic carbocycles. The minimum absolute atomic E-state index is 0.302. The van der Waals surface area contributed by atoms with Crippen LogP contribution in [0.5, 0.6) is 5.75 Å². The molecule has 1 atom stereocenters. The predicted molar refractivity (Wildman–Crippen MR) is 149 cm³/mol. The summed E-state index contributed by atoms with van der Waals surface area (Å²) in [6.07, 6.45) is 2.18. The number of hydrogen-bond acceptors (Lipinski definition) is 6. The zero-order chi connectivity index (χ0) is 27.7. The Hall–Kier alpha value is -2.59. The van der Waals surface area contributed by atoms with Crippen molar-refractivity contribution in [3.05, 3.63) is 46.1 Å². The minimum atomic E-state index is -3.59. The van der Waals surface area contributed by atoms with Gasteiger partial charge in [0.2, 0.25) is 10.0 Å². The number of fused-ring (bicyclic) bond motifs is 1. The number of rotatable bonds is 5. The maximum Gasteiger partial charge on any atom is 0.232 e. The molecule has 0 saturated heterocycles. The Kier molecular flexibility index (Phi) is 6.58. The molecule has 5 rings (SSSR count). The fraction of sp³-hybridized carbons (Fsp3) is 0.517. The van der Waals surface area contributed by atoms with Gasteiger partial charge in [0.25, 0.3) is 0 Å². The fourth-order valence-electron chi connectivity index (χ4n) is 6.18. The molecule has 9 heteroatoms. The molecular weight excluding hydrogens is 504 g/mol. The normalized spacial score (nSPS) is 16.6. The maximum atomic E-state index is 13.0. The van der Waals surface area contributed by atoms with Gasteiger partial charge in [0.15, 0.2) is 6.29 Å². The molecule has 2 N–H and O–H groups in total. The van der Waals surface area contributed by atoms with Crippen molar-refractivity contribution in [2.45, 2.75) is 78.9 Å². The van der Waals surface area contributed by atoms with E-state index >= 15 is 0 Å². The molecule has 0 saturated carbocycles. The molecule has 206 valence electrons. The first-order valence-electron chi connectivity index (χ1n) is 13.1. The van der Waals surface area contributed by atoms with Crippen molar-refractivity contribution in [2.24, 2.45) is 0 Å². The van der Waals surface area contributed by atoms with Crippen LogP contribution < -0.4 is 9.04 Å². The number of aliphatic hydroxyl groups excluding tert-OH is 1. The van der Waals surface area contributed by atoms with Crippen molar-refractivity contribution in [1.82, 2.24) is 4.57 Å². The van der Waals surface area contributed by atoms with E-state index in [-0.39, 0.29) is 0 Å². The molecule has 3 heterocycles. The molecule has 0 radical (unpaired) electrons. The quantitative estimate of drug-likeness (QED) is 0.460. The van der Waals surface area contributed by atoms with E-state index in [0.717, 1.165) is 57.3 Å². The number of ether oxygens (including phenoxy) is 2. The Balaban J connectivity index is 1.96. The number of hydrogen-bond donors (Lipinski definition) is 2. The van der Waals surface area contributed by atoms with E-state index in [0.29, 0.717) is 36.5 Å². The van der Waals surface area contributed by atoms with Gasteiger partial charge in [-0.25, -0.2) is 8.42 Å². The third-order valence-electron chi connectivity index (χ3n) is 7.65. The van der Waals surface area contributed by atoms with Crippen LogP contribution in [-0.4, -0.2) is 54.5 Å². The first kappa shape index (κ1) is 27.0. The molecular formula is C29H38N2O6S. The highest BCUT2D eigenvalue weighted by Crippen LogP contribution is 2.50. The van der Waals surface area contributed by atoms with E-state index in [4.69, 9.17) is 9.47 Å². The van der Waals surface area contributed by atoms with Gasteiger partial charge in [-0.1, -0.05) is 6.07 Å². The Morgan fingerprint density at radius 3 is 2.42 bits per heavy atom. The number of aromatic nitrogens is 1. The molecule has 8 nitrogen and oxygen atoms in total. The first-order valence-corrected chi connectivity index (χ1v) is 15.0. The number of sulfonamides is 1. The van der Waals surface area contributed by atoms with Gasteiger partial charge in [-0.15, -0.1) is 0 Å². The third kappa shape index (κ3) is 4.39. The van der Waals surface area contributed by atoms with Gasteiger partial charge in [-0.3, -0.25) is 4.31 Å². The Morgan fingerprint density at radius 2 is 1.79 bits per heavy atom. The molecule has 2 aliphatic heterocycles. The maximum absolute atomic E-state index is 13.0. The van der Waals surface area contributed by atoms with Crippen molar-refractivity contribution in [2.75, 3.05) is 23.7 Å². The average molecular weight is 543 g/mol. The van der Waals surface area contributed by atoms with Crippen LogP contribution in [0.2, 0.25) is 0 Å². The second-order valence-corrected chi connectivity index (χ2v) is 13.5. The van der Waals surface area contributed by atoms with E-state index in [9.17, 15) is 18.6 Å². The third-order valence-corrected chi connectivity index (χ3v) is 8.82. The van der Waals surface area contributed by atoms with Crippen LogP contribution in [0.1, 0.15) is 61.1 Å². The van der Waals surface area contributed by atoms with E-state index in [1.165, 1.54) is 10.6 Å². The van der Waals surface area contributed by atoms with Crippen molar-refractivity contribution >= 4 is 26.6 Å². The van der Waals surface area contributed by atoms with Crippen LogP contribution in [0.4, 0.5) is 5.69 Å². The summed E-state index contributed by atoms with van der Waals surface area (Å²) in [4.78, 5) is 0. The molecule has 1 unspecified atom stereocenters. The summed E-state index contributed by atoms with van der Waals surface area (Å²) in [5.74, 6) is 0.881. The molecule has 2 aliphatic rings. The number of benzene rings is 2. The monoisotopic (exact) mass is 542 g/mol. The van der Waals surface area contributed by atoms with Gasteiger partial charge < -0.3 is 24.3 Å². The summed E-state index contributed by atoms with van der Waals surface area (Å²) in [6.45, 7) is 13.1. The Labute approximate surface area is 224 Å². The van der Waals surface area contributed by atoms with Crippen LogP contribution >= 0.6 is 0 Å². The SMILES string of the molecule is Cc1c(-c2c(C(OC(C)(C)C)C(O)O)c(C)c3c4c2c(C)cn4CCN3S(C)(=O)=O)ccc2c1CCCO2. The zero-order valence-corrected chi connectivity index (χ0v) is 24.1. The molecule has 38 heavy (non-hydrogen) atoms. The standard InChI is InChI=1S/C29H38N2O6S/c1-16-15-30-12-13-31(38(7,34)35)25-18(3)23(27(28(32)33)37-29(4,5)6)24(22(16)26(25)30)20-10-11-21-19(17(20)2)9-8-14-36-21/h10-11,15,27-28,32-33H,8-9,12-14H2,1-7H3. The number of aliphatic hydroxyl groups is 2. The van der Waals surface area contributed by atoms with Crippen LogP contribution in [0.25, 0.3) is 22.0 Å². The highest BCUT2D eigenvalue weighted by molar-refractivity contribution is 7.92. The second kappa shape index (κ2) is 9.26. The lowest BCUT2D eigenvalue weighted by Gasteiger charge is -2.36. The largest absolute Gasteiger partial charge is 0.493 e. The lowest BCUT2D eigenvalue weighted by Crippen LogP contribution is -2.37. The molecule has 3 aromatic rings. The highest BCUT2D eigenvalue weighted by atomic mass is 32.2. The molecule has 1 aromatic heterocycles. The van der Waals surface area contributed by atoms with Gasteiger partial charge in [0.05, 0.1) is 36.2 Å². The summed E-state index contributed by atoms with van der Waals surface area (Å²) < 4.78 is 41.8. The second-order valence-electron chi connectivity index (χ2n) is 11.6. The molecule has 0 amide bonds. The number of aryl methyl sites for hydroxylation is 1. The highest BCUT2D eigenvalue weighted by Gasteiger charge is 2.37. The lowest BCUT2D eigenvalue weighted by molar-refractivity contribution is -0.185. The van der Waals surface area contributed by atoms with Gasteiger partial charge in [-0.2, -0.15) is 0 Å². The fourth-order valence-corrected chi connectivity index (χ4v) is 7.15. The van der Waals surface area contributed by atoms with Crippen LogP contribution in [-0.2, 0) is 27.7 Å². The van der Waals surface area contributed by atoms with E-state index in [1.54, 1.807) is 0 Å². The summed E-state index contributed by atoms with van der Waals surface area (Å²) in [5.41, 5.74) is 6.98. The van der Waals surface area contributed by atoms with Crippen LogP contribution in [0.3, 0.4) is 0 Å². The van der Waals surface area contributed by atoms with Crippen LogP contribution in [0, 0.1) is 20.8 Å². The zero-order valence-electron chi connectivity index (χ0n) is 23.3. The molecule has 2 aromatic carbocycles. The summed E-state index contributed by atoms with van der Waals surface area (Å²) in [7, 11) is -3.59. The van der Waals surface area contributed by atoms with Gasteiger partial charge in [-0.05, 0) is 99.4 Å². The van der Waals surface area contributed by atoms with Crippen molar-refractivity contribution in [3.63, 3.8) is 0 Å². The Morgan fingerprint density at radius 1 is 1.08 bits per heavy atom. The summed E-state index contributed by atoms with van der Waals surface area (Å²) >= 11 is 0. The predicted octanol–water partition coefficient (Wildman–Crippen LogP) is 4.51. The van der Waals surface area contributed by atoms with Crippen molar-refractivity contribution in [1.29, 1.82) is 0 Å². The summed E-state index contributed by atoms with van der Waals surface area (Å²) in [5, 5.41) is 22.3. The first-order chi connectivity index (χ1) is 17.7. The van der Waals surface area contributed by atoms with E-state index < -0.39 is 28.0 Å². The Bertz CT molecular complexity index is 1530. The van der Waals surface area contributed by atoms with E-state index in [2.05, 4.69) is 17.7 Å². The molecule has 0 spiro atoms. The topological polar surface area (TPSA) is 101 Å². The summed E-state index contributed by atoms with van der Waals surface area (Å²) in [6, 6.07) is 4.03. The smallest absolute Gasteiger partial charge is 0.232 e. The van der Waals surface area contributed by atoms with E-state index in [1.807, 2.05) is 46.8 Å². The minimum Gasteiger partial charge on any atom is -0.493 e. The lowest BCUT2D eigenvalue weighted by atomic mass is 9.83. The van der Waals surface area contributed by atoms with Gasteiger partial charge in [0, 0.05) is 18.1 Å².